The Hall–Kier alpha value is -2.60. The number of nitrogens with zero attached hydrogens (tertiary/aromatic N) is 2. The molecule has 0 aromatic heterocycles. The van der Waals surface area contributed by atoms with Crippen LogP contribution in [0.25, 0.3) is 0 Å². The Balaban J connectivity index is 0.000000380. The van der Waals surface area contributed by atoms with Crippen LogP contribution in [0.3, 0.4) is 0 Å². The number of hydrogen-bond donors (Lipinski definition) is 2. The number of carbonyl (C=O) groups excluding carboxylic acids is 4. The monoisotopic (exact) mass is 546 g/mol. The fourth-order valence-corrected chi connectivity index (χ4v) is 3.90. The highest BCUT2D eigenvalue weighted by molar-refractivity contribution is 5.75. The lowest BCUT2D eigenvalue weighted by Crippen LogP contribution is -2.50. The number of aliphatic hydroxyl groups is 2. The number of ether oxygens (including phenoxy) is 4. The minimum Gasteiger partial charge on any atom is -0.466 e. The maximum Gasteiger partial charge on any atom is 0.410 e. The molecule has 0 radical (unpaired) electrons. The van der Waals surface area contributed by atoms with Gasteiger partial charge in [-0.2, -0.15) is 0 Å². The van der Waals surface area contributed by atoms with Crippen LogP contribution < -0.4 is 0 Å². The Labute approximate surface area is 225 Å². The molecule has 2 fully saturated rings. The highest BCUT2D eigenvalue weighted by Crippen LogP contribution is 2.22. The molecule has 2 saturated heterocycles. The van der Waals surface area contributed by atoms with Crippen LogP contribution in [0, 0.1) is 11.8 Å². The minimum absolute atomic E-state index is 0.0956. The summed E-state index contributed by atoms with van der Waals surface area (Å²) in [6.07, 6.45) is -1.96. The van der Waals surface area contributed by atoms with Crippen LogP contribution in [0.5, 0.6) is 0 Å². The molecule has 12 nitrogen and oxygen atoms in total. The average Bonchev–Trinajstić information content (AvgIpc) is 2.77. The fraction of sp³-hybridized carbons (Fsp3) is 0.846. The number of piperidine rings is 2. The van der Waals surface area contributed by atoms with E-state index in [1.54, 1.807) is 55.4 Å². The predicted molar refractivity (Wildman–Crippen MR) is 137 cm³/mol. The Morgan fingerprint density at radius 2 is 1.00 bits per heavy atom. The van der Waals surface area contributed by atoms with E-state index in [0.717, 1.165) is 0 Å². The molecule has 38 heavy (non-hydrogen) atoms. The highest BCUT2D eigenvalue weighted by Gasteiger charge is 2.38. The first-order chi connectivity index (χ1) is 17.5. The summed E-state index contributed by atoms with van der Waals surface area (Å²) in [4.78, 5) is 49.7. The number of amides is 2. The maximum atomic E-state index is 11.8. The zero-order valence-corrected chi connectivity index (χ0v) is 24.0. The van der Waals surface area contributed by atoms with Crippen molar-refractivity contribution in [1.29, 1.82) is 0 Å². The van der Waals surface area contributed by atoms with Crippen molar-refractivity contribution >= 4 is 24.1 Å². The fourth-order valence-electron chi connectivity index (χ4n) is 3.90. The molecule has 2 rings (SSSR count). The number of carbonyl (C=O) groups is 4. The van der Waals surface area contributed by atoms with Crippen molar-refractivity contribution in [3.8, 4) is 0 Å². The van der Waals surface area contributed by atoms with E-state index >= 15 is 0 Å². The molecule has 2 N–H and O–H groups in total. The van der Waals surface area contributed by atoms with Crippen molar-refractivity contribution in [2.75, 3.05) is 39.4 Å². The summed E-state index contributed by atoms with van der Waals surface area (Å²) in [5, 5.41) is 19.9. The van der Waals surface area contributed by atoms with Crippen molar-refractivity contribution in [3.63, 3.8) is 0 Å². The van der Waals surface area contributed by atoms with E-state index in [1.807, 2.05) is 0 Å². The SMILES string of the molecule is CCOC(=O)[C@@H]1CCN(C(=O)OC(C)(C)C)C[C@@H]1O.CCOC(=O)[C@H]1CCN(C(=O)OC(C)(C)C)C[C@H]1O. The molecule has 0 saturated carbocycles. The van der Waals surface area contributed by atoms with Crippen LogP contribution in [0.4, 0.5) is 9.59 Å². The van der Waals surface area contributed by atoms with E-state index in [1.165, 1.54) is 9.80 Å². The zero-order chi connectivity index (χ0) is 29.3. The Bertz CT molecular complexity index is 739. The molecular formula is C26H46N2O10. The second-order valence-electron chi connectivity index (χ2n) is 11.3. The van der Waals surface area contributed by atoms with E-state index in [-0.39, 0.29) is 26.3 Å². The van der Waals surface area contributed by atoms with E-state index in [2.05, 4.69) is 0 Å². The van der Waals surface area contributed by atoms with Gasteiger partial charge in [-0.25, -0.2) is 9.59 Å². The standard InChI is InChI=1S/2C13H23NO5/c2*1-5-18-11(16)9-6-7-14(8-10(9)15)12(17)19-13(2,3)4/h2*9-10,15H,5-8H2,1-4H3/t2*9-,10+/m10/s1. The van der Waals surface area contributed by atoms with Crippen LogP contribution >= 0.6 is 0 Å². The molecule has 0 aliphatic carbocycles. The number of aliphatic hydroxyl groups excluding tert-OH is 2. The average molecular weight is 547 g/mol. The van der Waals surface area contributed by atoms with Gasteiger partial charge in [0.15, 0.2) is 0 Å². The normalized spacial score (nSPS) is 23.9. The van der Waals surface area contributed by atoms with Crippen molar-refractivity contribution in [2.24, 2.45) is 11.8 Å². The summed E-state index contributed by atoms with van der Waals surface area (Å²) >= 11 is 0. The second kappa shape index (κ2) is 14.5. The first kappa shape index (κ1) is 33.4. The quantitative estimate of drug-likeness (QED) is 0.397. The molecule has 0 unspecified atom stereocenters. The summed E-state index contributed by atoms with van der Waals surface area (Å²) in [7, 11) is 0. The number of rotatable bonds is 4. The number of hydrogen-bond acceptors (Lipinski definition) is 10. The summed E-state index contributed by atoms with van der Waals surface area (Å²) in [6.45, 7) is 15.7. The maximum absolute atomic E-state index is 11.8. The van der Waals surface area contributed by atoms with Crippen molar-refractivity contribution in [1.82, 2.24) is 9.80 Å². The van der Waals surface area contributed by atoms with Crippen LogP contribution in [0.2, 0.25) is 0 Å². The van der Waals surface area contributed by atoms with Gasteiger partial charge in [0.1, 0.15) is 11.2 Å². The van der Waals surface area contributed by atoms with Gasteiger partial charge in [0.2, 0.25) is 0 Å². The molecule has 12 heteroatoms. The van der Waals surface area contributed by atoms with Crippen LogP contribution in [-0.2, 0) is 28.5 Å². The lowest BCUT2D eigenvalue weighted by molar-refractivity contribution is -0.155. The molecule has 2 aliphatic rings. The van der Waals surface area contributed by atoms with Crippen LogP contribution in [-0.4, -0.2) is 107 Å². The van der Waals surface area contributed by atoms with Gasteiger partial charge in [-0.1, -0.05) is 0 Å². The summed E-state index contributed by atoms with van der Waals surface area (Å²) < 4.78 is 20.2. The molecular weight excluding hydrogens is 500 g/mol. The highest BCUT2D eigenvalue weighted by atomic mass is 16.6. The molecule has 4 atom stereocenters. The Morgan fingerprint density at radius 1 is 0.684 bits per heavy atom. The van der Waals surface area contributed by atoms with Crippen LogP contribution in [0.15, 0.2) is 0 Å². The third kappa shape index (κ3) is 11.4. The molecule has 2 amide bonds. The van der Waals surface area contributed by atoms with Gasteiger partial charge in [0.05, 0.1) is 50.3 Å². The number of esters is 2. The third-order valence-corrected chi connectivity index (χ3v) is 5.65. The second-order valence-corrected chi connectivity index (χ2v) is 11.3. The smallest absolute Gasteiger partial charge is 0.410 e. The topological polar surface area (TPSA) is 152 Å². The van der Waals surface area contributed by atoms with Crippen molar-refractivity contribution in [3.05, 3.63) is 0 Å². The van der Waals surface area contributed by atoms with Crippen molar-refractivity contribution < 1.29 is 48.3 Å². The first-order valence-corrected chi connectivity index (χ1v) is 13.1. The van der Waals surface area contributed by atoms with Gasteiger partial charge in [0, 0.05) is 13.1 Å². The number of likely N-dealkylation sites (tertiary alicyclic amines) is 2. The van der Waals surface area contributed by atoms with Gasteiger partial charge in [-0.15, -0.1) is 0 Å². The van der Waals surface area contributed by atoms with Gasteiger partial charge in [0.25, 0.3) is 0 Å². The number of β-amino-alcohol motifs (C(OH)–C–C–N with tert-alkyl or cyclic N) is 2. The molecule has 0 aromatic carbocycles. The van der Waals surface area contributed by atoms with E-state index < -0.39 is 59.4 Å². The molecule has 220 valence electrons. The summed E-state index contributed by atoms with van der Waals surface area (Å²) in [5.74, 6) is -1.92. The lowest BCUT2D eigenvalue weighted by atomic mass is 9.94. The molecule has 0 bridgehead atoms. The van der Waals surface area contributed by atoms with E-state index in [9.17, 15) is 29.4 Å². The Kier molecular flexibility index (Phi) is 12.8. The van der Waals surface area contributed by atoms with E-state index in [4.69, 9.17) is 18.9 Å². The Morgan fingerprint density at radius 3 is 1.24 bits per heavy atom. The van der Waals surface area contributed by atoms with Gasteiger partial charge in [-0.05, 0) is 68.2 Å². The summed E-state index contributed by atoms with van der Waals surface area (Å²) in [5.41, 5.74) is -1.14. The predicted octanol–water partition coefficient (Wildman–Crippen LogP) is 2.33. The van der Waals surface area contributed by atoms with Crippen LogP contribution in [0.1, 0.15) is 68.2 Å². The molecule has 2 aliphatic heterocycles. The zero-order valence-electron chi connectivity index (χ0n) is 24.0. The molecule has 0 spiro atoms. The lowest BCUT2D eigenvalue weighted by Gasteiger charge is -2.35. The largest absolute Gasteiger partial charge is 0.466 e. The first-order valence-electron chi connectivity index (χ1n) is 13.1. The molecule has 2 heterocycles. The molecule has 0 aromatic rings. The third-order valence-electron chi connectivity index (χ3n) is 5.65. The van der Waals surface area contributed by atoms with Gasteiger partial charge in [-0.3, -0.25) is 9.59 Å². The van der Waals surface area contributed by atoms with Gasteiger partial charge >= 0.3 is 24.1 Å². The van der Waals surface area contributed by atoms with Gasteiger partial charge < -0.3 is 39.0 Å². The minimum atomic E-state index is -0.902. The van der Waals surface area contributed by atoms with E-state index in [0.29, 0.717) is 25.9 Å². The van der Waals surface area contributed by atoms with Crippen molar-refractivity contribution in [2.45, 2.75) is 91.6 Å². The summed E-state index contributed by atoms with van der Waals surface area (Å²) in [6, 6.07) is 0.